The molecule has 0 saturated carbocycles. The van der Waals surface area contributed by atoms with Gasteiger partial charge < -0.3 is 27.4 Å². The number of methoxy groups -OCH3 is 1. The largest absolute Gasteiger partial charge is 1.00 e. The summed E-state index contributed by atoms with van der Waals surface area (Å²) in [6.07, 6.45) is 0. The van der Waals surface area contributed by atoms with Crippen LogP contribution < -0.4 is 17.1 Å². The topological polar surface area (TPSA) is 78.1 Å². The number of benzene rings is 2. The van der Waals surface area contributed by atoms with Gasteiger partial charge in [0.25, 0.3) is 0 Å². The smallest absolute Gasteiger partial charge is 0.365 e. The number of carboxylic acid groups (broad SMARTS) is 1. The first-order valence-electron chi connectivity index (χ1n) is 6.56. The molecule has 0 bridgehead atoms. The summed E-state index contributed by atoms with van der Waals surface area (Å²) in [5, 5.41) is 19.4. The Balaban J connectivity index is 0.00000192. The van der Waals surface area contributed by atoms with Crippen LogP contribution in [0.25, 0.3) is 22.3 Å². The predicted molar refractivity (Wildman–Crippen MR) is 81.2 cm³/mol. The van der Waals surface area contributed by atoms with Crippen molar-refractivity contribution in [3.05, 3.63) is 54.1 Å². The number of fused-ring (bicyclic) bond motifs is 1. The van der Waals surface area contributed by atoms with Crippen LogP contribution in [-0.2, 0) is 0 Å². The lowest BCUT2D eigenvalue weighted by Gasteiger charge is -2.00. The fourth-order valence-corrected chi connectivity index (χ4v) is 2.25. The Labute approximate surface area is 138 Å². The summed E-state index contributed by atoms with van der Waals surface area (Å²) in [7, 11) is 1.57. The summed E-state index contributed by atoms with van der Waals surface area (Å²) in [6, 6.07) is 12.9. The number of hydrogen-bond donors (Lipinski definition) is 2. The molecule has 0 aliphatic rings. The van der Waals surface area contributed by atoms with Crippen molar-refractivity contribution in [1.82, 2.24) is 0 Å². The molecule has 1 heterocycles. The number of rotatable bonds is 3. The van der Waals surface area contributed by atoms with Gasteiger partial charge in [-0.25, -0.2) is 9.21 Å². The first kappa shape index (κ1) is 16.6. The van der Waals surface area contributed by atoms with Crippen LogP contribution in [0.4, 0.5) is 0 Å². The molecule has 0 aliphatic heterocycles. The van der Waals surface area contributed by atoms with E-state index in [9.17, 15) is 15.0 Å². The van der Waals surface area contributed by atoms with E-state index in [2.05, 4.69) is 0 Å². The van der Waals surface area contributed by atoms with Crippen LogP contribution in [0.2, 0.25) is 0 Å². The molecule has 6 heteroatoms. The van der Waals surface area contributed by atoms with Gasteiger partial charge in [0, 0.05) is 0 Å². The van der Waals surface area contributed by atoms with Gasteiger partial charge in [0.1, 0.15) is 11.5 Å². The zero-order chi connectivity index (χ0) is 15.7. The van der Waals surface area contributed by atoms with Crippen LogP contribution in [0.15, 0.2) is 52.9 Å². The van der Waals surface area contributed by atoms with Gasteiger partial charge in [0.2, 0.25) is 0 Å². The van der Waals surface area contributed by atoms with Crippen LogP contribution in [0.5, 0.6) is 11.5 Å². The lowest BCUT2D eigenvalue weighted by atomic mass is 10.1. The summed E-state index contributed by atoms with van der Waals surface area (Å²) in [6.45, 7) is 0. The molecule has 2 N–H and O–H groups in total. The average Bonchev–Trinajstić information content (AvgIpc) is 2.53. The highest BCUT2D eigenvalue weighted by molar-refractivity contribution is 6.03. The molecule has 0 saturated heterocycles. The zero-order valence-corrected chi connectivity index (χ0v) is 12.9. The highest BCUT2D eigenvalue weighted by Gasteiger charge is 2.22. The van der Waals surface area contributed by atoms with Gasteiger partial charge in [0.05, 0.1) is 35.8 Å². The number of aromatic hydroxyl groups is 1. The maximum atomic E-state index is 11.5. The van der Waals surface area contributed by atoms with Crippen molar-refractivity contribution >= 4 is 16.9 Å². The minimum atomic E-state index is -1.05. The van der Waals surface area contributed by atoms with Crippen LogP contribution in [-0.4, -0.2) is 23.3 Å². The van der Waals surface area contributed by atoms with Crippen LogP contribution in [0.1, 0.15) is 10.4 Å². The van der Waals surface area contributed by atoms with Crippen molar-refractivity contribution in [1.29, 1.82) is 0 Å². The monoisotopic (exact) mass is 332 g/mol. The number of carboxylic acids is 1. The van der Waals surface area contributed by atoms with E-state index < -0.39 is 5.97 Å². The number of aromatic carboxylic acids is 1. The summed E-state index contributed by atoms with van der Waals surface area (Å²) in [5.41, 5.74) is 1.14. The van der Waals surface area contributed by atoms with E-state index >= 15 is 0 Å². The molecule has 0 amide bonds. The van der Waals surface area contributed by atoms with Gasteiger partial charge in [0.15, 0.2) is 0 Å². The molecule has 0 atom stereocenters. The highest BCUT2D eigenvalue weighted by Crippen LogP contribution is 2.30. The average molecular weight is 333 g/mol. The molecule has 0 aliphatic carbocycles. The lowest BCUT2D eigenvalue weighted by Crippen LogP contribution is -3.00. The summed E-state index contributed by atoms with van der Waals surface area (Å²) in [5.74, 6) is 0.0551. The standard InChI is InChI=1S/C17H12O5.ClH/c1-21-12-5-2-10(3-6-12)15-9-14(17(19)20)13-7-4-11(18)8-16(13)22-15;/h2-9H,1H3,(H-,18,19,20);1H. The Kier molecular flexibility index (Phi) is 4.71. The quantitative estimate of drug-likeness (QED) is 0.694. The van der Waals surface area contributed by atoms with E-state index in [0.29, 0.717) is 28.0 Å². The van der Waals surface area contributed by atoms with Crippen molar-refractivity contribution in [3.63, 3.8) is 0 Å². The Morgan fingerprint density at radius 1 is 1.09 bits per heavy atom. The molecule has 0 unspecified atom stereocenters. The Hall–Kier alpha value is -2.79. The molecular formula is C17H13ClO5. The molecule has 3 rings (SSSR count). The van der Waals surface area contributed by atoms with Gasteiger partial charge >= 0.3 is 17.3 Å². The highest BCUT2D eigenvalue weighted by atomic mass is 35.5. The third-order valence-corrected chi connectivity index (χ3v) is 3.36. The number of carbonyl (C=O) groups is 1. The summed E-state index contributed by atoms with van der Waals surface area (Å²) < 4.78 is 10.8. The Bertz CT molecular complexity index is 859. The molecule has 1 aromatic heterocycles. The molecule has 5 nitrogen and oxygen atoms in total. The number of ether oxygens (including phenoxy) is 1. The molecule has 2 aromatic carbocycles. The first-order chi connectivity index (χ1) is 10.6. The van der Waals surface area contributed by atoms with Crippen molar-refractivity contribution in [2.24, 2.45) is 0 Å². The second kappa shape index (κ2) is 6.54. The predicted octanol–water partition coefficient (Wildman–Crippen LogP) is 0.797. The number of hydrogen-bond acceptors (Lipinski definition) is 3. The molecule has 0 radical (unpaired) electrons. The molecule has 0 spiro atoms. The molecule has 118 valence electrons. The second-order valence-corrected chi connectivity index (χ2v) is 4.74. The minimum absolute atomic E-state index is 0. The van der Waals surface area contributed by atoms with Gasteiger partial charge in [-0.05, 0) is 36.4 Å². The number of halogens is 1. The van der Waals surface area contributed by atoms with E-state index in [-0.39, 0.29) is 23.7 Å². The lowest BCUT2D eigenvalue weighted by molar-refractivity contribution is -0.0000216. The first-order valence-corrected chi connectivity index (χ1v) is 6.56. The van der Waals surface area contributed by atoms with Gasteiger partial charge in [-0.15, -0.1) is 0 Å². The Morgan fingerprint density at radius 3 is 2.39 bits per heavy atom. The van der Waals surface area contributed by atoms with Crippen molar-refractivity contribution in [2.75, 3.05) is 7.11 Å². The van der Waals surface area contributed by atoms with E-state index in [1.165, 1.54) is 24.3 Å². The van der Waals surface area contributed by atoms with Gasteiger partial charge in [-0.1, -0.05) is 0 Å². The third-order valence-electron chi connectivity index (χ3n) is 3.36. The molecule has 23 heavy (non-hydrogen) atoms. The maximum absolute atomic E-state index is 11.5. The fraction of sp³-hybridized carbons (Fsp3) is 0.0588. The summed E-state index contributed by atoms with van der Waals surface area (Å²) in [4.78, 5) is 11.5. The molecular weight excluding hydrogens is 320 g/mol. The molecule has 0 fully saturated rings. The van der Waals surface area contributed by atoms with Crippen LogP contribution in [0, 0.1) is 0 Å². The van der Waals surface area contributed by atoms with Gasteiger partial charge in [-0.3, -0.25) is 0 Å². The van der Waals surface area contributed by atoms with Crippen LogP contribution in [0.3, 0.4) is 0 Å². The van der Waals surface area contributed by atoms with E-state index in [0.717, 1.165) is 0 Å². The maximum Gasteiger partial charge on any atom is 0.365 e. The third kappa shape index (κ3) is 3.19. The van der Waals surface area contributed by atoms with Crippen molar-refractivity contribution < 1.29 is 36.6 Å². The normalized spacial score (nSPS) is 10.1. The SMILES string of the molecule is COc1ccc(-c2cc(C(=O)O)c3ccc(O)cc3[o+]2)cc1.[Cl-]. The zero-order valence-electron chi connectivity index (χ0n) is 12.1. The van der Waals surface area contributed by atoms with E-state index in [1.807, 2.05) is 0 Å². The van der Waals surface area contributed by atoms with E-state index in [4.69, 9.17) is 9.15 Å². The van der Waals surface area contributed by atoms with Crippen molar-refractivity contribution in [2.45, 2.75) is 0 Å². The van der Waals surface area contributed by atoms with E-state index in [1.54, 1.807) is 31.4 Å². The number of phenolic OH excluding ortho intramolecular Hbond substituents is 1. The van der Waals surface area contributed by atoms with Gasteiger partial charge in [-0.2, -0.15) is 0 Å². The molecule has 3 aromatic rings. The number of phenols is 1. The summed E-state index contributed by atoms with van der Waals surface area (Å²) >= 11 is 0. The Morgan fingerprint density at radius 2 is 1.78 bits per heavy atom. The van der Waals surface area contributed by atoms with Crippen molar-refractivity contribution in [3.8, 4) is 22.8 Å². The fourth-order valence-electron chi connectivity index (χ4n) is 2.25. The minimum Gasteiger partial charge on any atom is -1.00 e. The van der Waals surface area contributed by atoms with Crippen LogP contribution >= 0.6 is 0 Å². The second-order valence-electron chi connectivity index (χ2n) is 4.74.